The molecule has 0 bridgehead atoms. The van der Waals surface area contributed by atoms with Crippen LogP contribution in [0.1, 0.15) is 24.2 Å². The molecule has 2 aliphatic heterocycles. The van der Waals surface area contributed by atoms with E-state index in [0.717, 1.165) is 35.6 Å². The number of nitrogens with one attached hydrogen (secondary N) is 1. The number of carbonyl (C=O) groups is 1. The summed E-state index contributed by atoms with van der Waals surface area (Å²) in [5.41, 5.74) is 2.86. The van der Waals surface area contributed by atoms with Gasteiger partial charge in [-0.1, -0.05) is 12.1 Å². The Balaban J connectivity index is 1.63. The SMILES string of the molecule is CNC(=O)c1cccc(-c2ccc3c(N4CCOC[C@H]4C)nc(N4CCOC[C@@H]4C)nc3n2)c1. The molecule has 178 valence electrons. The maximum Gasteiger partial charge on any atom is 0.251 e. The molecule has 4 heterocycles. The van der Waals surface area contributed by atoms with Crippen LogP contribution in [0.15, 0.2) is 36.4 Å². The van der Waals surface area contributed by atoms with Crippen LogP contribution < -0.4 is 15.1 Å². The predicted octanol–water partition coefficient (Wildman–Crippen LogP) is 2.50. The molecule has 1 N–H and O–H groups in total. The number of fused-ring (bicyclic) bond motifs is 1. The Kier molecular flexibility index (Phi) is 6.30. The van der Waals surface area contributed by atoms with Crippen LogP contribution in [0, 0.1) is 0 Å². The van der Waals surface area contributed by atoms with Crippen LogP contribution in [-0.4, -0.2) is 79.5 Å². The van der Waals surface area contributed by atoms with Crippen LogP contribution in [0.3, 0.4) is 0 Å². The van der Waals surface area contributed by atoms with Gasteiger partial charge in [0, 0.05) is 31.3 Å². The number of aromatic nitrogens is 3. The average Bonchev–Trinajstić information content (AvgIpc) is 2.88. The van der Waals surface area contributed by atoms with Crippen molar-refractivity contribution < 1.29 is 14.3 Å². The molecule has 9 heteroatoms. The number of anilines is 2. The third-order valence-corrected chi connectivity index (χ3v) is 6.44. The number of benzene rings is 1. The molecule has 1 aromatic carbocycles. The number of rotatable bonds is 4. The van der Waals surface area contributed by atoms with Crippen molar-refractivity contribution in [3.63, 3.8) is 0 Å². The Labute approximate surface area is 199 Å². The molecular formula is C25H30N6O3. The number of hydrogen-bond donors (Lipinski definition) is 1. The van der Waals surface area contributed by atoms with Crippen LogP contribution >= 0.6 is 0 Å². The summed E-state index contributed by atoms with van der Waals surface area (Å²) in [5.74, 6) is 1.42. The molecule has 2 aliphatic rings. The van der Waals surface area contributed by atoms with Crippen molar-refractivity contribution in [3.05, 3.63) is 42.0 Å². The van der Waals surface area contributed by atoms with Crippen LogP contribution in [0.25, 0.3) is 22.3 Å². The fourth-order valence-electron chi connectivity index (χ4n) is 4.52. The smallest absolute Gasteiger partial charge is 0.251 e. The van der Waals surface area contributed by atoms with E-state index in [1.54, 1.807) is 13.1 Å². The number of hydrogen-bond acceptors (Lipinski definition) is 8. The lowest BCUT2D eigenvalue weighted by Gasteiger charge is -2.37. The van der Waals surface area contributed by atoms with E-state index in [1.165, 1.54) is 0 Å². The number of ether oxygens (including phenoxy) is 2. The maximum atomic E-state index is 12.1. The molecule has 0 radical (unpaired) electrons. The van der Waals surface area contributed by atoms with Gasteiger partial charge in [-0.2, -0.15) is 9.97 Å². The highest BCUT2D eigenvalue weighted by molar-refractivity contribution is 5.95. The van der Waals surface area contributed by atoms with Gasteiger partial charge in [-0.05, 0) is 38.1 Å². The summed E-state index contributed by atoms with van der Waals surface area (Å²) in [6.07, 6.45) is 0. The minimum Gasteiger partial charge on any atom is -0.377 e. The Hall–Kier alpha value is -3.30. The summed E-state index contributed by atoms with van der Waals surface area (Å²) < 4.78 is 11.3. The molecule has 5 rings (SSSR count). The van der Waals surface area contributed by atoms with E-state index in [4.69, 9.17) is 24.4 Å². The number of morpholine rings is 2. The van der Waals surface area contributed by atoms with Crippen molar-refractivity contribution >= 4 is 28.7 Å². The lowest BCUT2D eigenvalue weighted by atomic mass is 10.1. The van der Waals surface area contributed by atoms with Gasteiger partial charge in [0.25, 0.3) is 5.91 Å². The van der Waals surface area contributed by atoms with Crippen LogP contribution in [-0.2, 0) is 9.47 Å². The quantitative estimate of drug-likeness (QED) is 0.632. The van der Waals surface area contributed by atoms with Gasteiger partial charge in [0.15, 0.2) is 5.65 Å². The van der Waals surface area contributed by atoms with Crippen LogP contribution in [0.5, 0.6) is 0 Å². The lowest BCUT2D eigenvalue weighted by molar-refractivity contribution is 0.0962. The first kappa shape index (κ1) is 22.5. The molecule has 0 unspecified atom stereocenters. The number of carbonyl (C=O) groups excluding carboxylic acids is 1. The zero-order chi connectivity index (χ0) is 23.7. The zero-order valence-corrected chi connectivity index (χ0v) is 19.8. The third kappa shape index (κ3) is 4.28. The van der Waals surface area contributed by atoms with Gasteiger partial charge in [0.2, 0.25) is 5.95 Å². The minimum atomic E-state index is -0.128. The highest BCUT2D eigenvalue weighted by atomic mass is 16.5. The summed E-state index contributed by atoms with van der Waals surface area (Å²) in [6.45, 7) is 8.39. The van der Waals surface area contributed by atoms with Gasteiger partial charge in [-0.3, -0.25) is 4.79 Å². The van der Waals surface area contributed by atoms with Gasteiger partial charge in [0.05, 0.1) is 49.6 Å². The van der Waals surface area contributed by atoms with Gasteiger partial charge in [-0.15, -0.1) is 0 Å². The van der Waals surface area contributed by atoms with Gasteiger partial charge in [0.1, 0.15) is 5.82 Å². The van der Waals surface area contributed by atoms with Crippen LogP contribution in [0.2, 0.25) is 0 Å². The van der Waals surface area contributed by atoms with Gasteiger partial charge < -0.3 is 24.6 Å². The molecule has 0 saturated carbocycles. The third-order valence-electron chi connectivity index (χ3n) is 6.44. The summed E-state index contributed by atoms with van der Waals surface area (Å²) >= 11 is 0. The molecular weight excluding hydrogens is 432 g/mol. The average molecular weight is 463 g/mol. The number of pyridine rings is 1. The Morgan fingerprint density at radius 1 is 0.971 bits per heavy atom. The molecule has 3 aromatic rings. The van der Waals surface area contributed by atoms with Crippen molar-refractivity contribution in [2.75, 3.05) is 56.4 Å². The standard InChI is InChI=1S/C25H30N6O3/c1-16-14-33-11-9-30(16)23-20-7-8-21(18-5-4-6-19(13-18)24(32)26-3)27-22(20)28-25(29-23)31-10-12-34-15-17(31)2/h4-8,13,16-17H,9-12,14-15H2,1-3H3,(H,26,32)/t16-,17+/m1/s1. The molecule has 2 fully saturated rings. The Morgan fingerprint density at radius 3 is 2.41 bits per heavy atom. The molecule has 1 amide bonds. The topological polar surface area (TPSA) is 92.7 Å². The van der Waals surface area contributed by atoms with Crippen molar-refractivity contribution in [3.8, 4) is 11.3 Å². The molecule has 34 heavy (non-hydrogen) atoms. The van der Waals surface area contributed by atoms with Crippen molar-refractivity contribution in [2.45, 2.75) is 25.9 Å². The molecule has 2 aromatic heterocycles. The summed E-state index contributed by atoms with van der Waals surface area (Å²) in [6, 6.07) is 11.9. The zero-order valence-electron chi connectivity index (χ0n) is 19.8. The highest BCUT2D eigenvalue weighted by Gasteiger charge is 2.27. The van der Waals surface area contributed by atoms with E-state index in [2.05, 4.69) is 29.0 Å². The second-order valence-corrected chi connectivity index (χ2v) is 8.81. The van der Waals surface area contributed by atoms with E-state index >= 15 is 0 Å². The van der Waals surface area contributed by atoms with E-state index in [9.17, 15) is 4.79 Å². The van der Waals surface area contributed by atoms with Crippen molar-refractivity contribution in [1.29, 1.82) is 0 Å². The first-order chi connectivity index (χ1) is 16.5. The summed E-state index contributed by atoms with van der Waals surface area (Å²) in [7, 11) is 1.63. The monoisotopic (exact) mass is 462 g/mol. The fourth-order valence-corrected chi connectivity index (χ4v) is 4.52. The molecule has 9 nitrogen and oxygen atoms in total. The van der Waals surface area contributed by atoms with E-state index in [1.807, 2.05) is 30.3 Å². The van der Waals surface area contributed by atoms with E-state index < -0.39 is 0 Å². The number of amides is 1. The van der Waals surface area contributed by atoms with Crippen molar-refractivity contribution in [1.82, 2.24) is 20.3 Å². The molecule has 2 saturated heterocycles. The molecule has 0 aliphatic carbocycles. The highest BCUT2D eigenvalue weighted by Crippen LogP contribution is 2.31. The predicted molar refractivity (Wildman–Crippen MR) is 131 cm³/mol. The Bertz CT molecular complexity index is 1200. The summed E-state index contributed by atoms with van der Waals surface area (Å²) in [5, 5.41) is 3.58. The summed E-state index contributed by atoms with van der Waals surface area (Å²) in [4.78, 5) is 31.5. The lowest BCUT2D eigenvalue weighted by Crippen LogP contribution is -2.46. The fraction of sp³-hybridized carbons (Fsp3) is 0.440. The number of nitrogens with zero attached hydrogens (tertiary/aromatic N) is 5. The van der Waals surface area contributed by atoms with Gasteiger partial charge >= 0.3 is 0 Å². The normalized spacial score (nSPS) is 21.0. The van der Waals surface area contributed by atoms with E-state index in [-0.39, 0.29) is 18.0 Å². The second kappa shape index (κ2) is 9.52. The van der Waals surface area contributed by atoms with Crippen molar-refractivity contribution in [2.24, 2.45) is 0 Å². The first-order valence-corrected chi connectivity index (χ1v) is 11.7. The van der Waals surface area contributed by atoms with Crippen LogP contribution in [0.4, 0.5) is 11.8 Å². The van der Waals surface area contributed by atoms with E-state index in [0.29, 0.717) is 43.6 Å². The minimum absolute atomic E-state index is 0.128. The molecule has 0 spiro atoms. The van der Waals surface area contributed by atoms with Gasteiger partial charge in [-0.25, -0.2) is 4.98 Å². The first-order valence-electron chi connectivity index (χ1n) is 11.7. The largest absolute Gasteiger partial charge is 0.377 e. The maximum absolute atomic E-state index is 12.1. The molecule has 2 atom stereocenters. The second-order valence-electron chi connectivity index (χ2n) is 8.81. The Morgan fingerprint density at radius 2 is 1.71 bits per heavy atom.